The molecule has 0 radical (unpaired) electrons. The van der Waals surface area contributed by atoms with E-state index >= 15 is 0 Å². The van der Waals surface area contributed by atoms with Crippen LogP contribution < -0.4 is 0 Å². The van der Waals surface area contributed by atoms with Gasteiger partial charge in [0, 0.05) is 15.7 Å². The topological polar surface area (TPSA) is 0 Å². The van der Waals surface area contributed by atoms with Crippen LogP contribution in [-0.2, 0) is 0 Å². The van der Waals surface area contributed by atoms with E-state index < -0.39 is 0 Å². The van der Waals surface area contributed by atoms with Crippen molar-refractivity contribution in [2.45, 2.75) is 48.7 Å². The minimum absolute atomic E-state index is 0.332. The SMILES string of the molecule is CSCC(C)SC(C)(C)SC(C)(C)C1CSC1. The standard InChI is InChI=1S/C13H26S4/c1-10(7-14-6)16-13(4,5)17-12(2,3)11-8-15-9-11/h10-11H,7-9H2,1-6H3. The third kappa shape index (κ3) is 5.50. The van der Waals surface area contributed by atoms with Gasteiger partial charge in [0.25, 0.3) is 0 Å². The van der Waals surface area contributed by atoms with Crippen molar-refractivity contribution in [3.8, 4) is 0 Å². The Morgan fingerprint density at radius 3 is 2.24 bits per heavy atom. The molecule has 1 fully saturated rings. The Morgan fingerprint density at radius 2 is 1.82 bits per heavy atom. The molecule has 1 aliphatic rings. The van der Waals surface area contributed by atoms with E-state index in [0.717, 1.165) is 11.2 Å². The maximum Gasteiger partial charge on any atom is 0.0563 e. The smallest absolute Gasteiger partial charge is 0.0563 e. The van der Waals surface area contributed by atoms with E-state index in [1.165, 1.54) is 17.3 Å². The van der Waals surface area contributed by atoms with Crippen LogP contribution in [0.1, 0.15) is 34.6 Å². The van der Waals surface area contributed by atoms with Crippen LogP contribution in [0, 0.1) is 5.92 Å². The fourth-order valence-corrected chi connectivity index (χ4v) is 8.70. The highest BCUT2D eigenvalue weighted by atomic mass is 32.2. The first-order chi connectivity index (χ1) is 7.77. The second-order valence-electron chi connectivity index (χ2n) is 5.72. The van der Waals surface area contributed by atoms with Gasteiger partial charge in [0.05, 0.1) is 4.08 Å². The van der Waals surface area contributed by atoms with Gasteiger partial charge in [-0.3, -0.25) is 0 Å². The summed E-state index contributed by atoms with van der Waals surface area (Å²) in [6.07, 6.45) is 2.20. The molecule has 0 nitrogen and oxygen atoms in total. The first-order valence-corrected chi connectivity index (χ1v) is 10.5. The average Bonchev–Trinajstić information content (AvgIpc) is 1.94. The largest absolute Gasteiger partial charge is 0.164 e. The lowest BCUT2D eigenvalue weighted by Crippen LogP contribution is -2.40. The summed E-state index contributed by atoms with van der Waals surface area (Å²) < 4.78 is 0.764. The summed E-state index contributed by atoms with van der Waals surface area (Å²) in [7, 11) is 0. The van der Waals surface area contributed by atoms with Gasteiger partial charge in [0.2, 0.25) is 0 Å². The van der Waals surface area contributed by atoms with E-state index in [-0.39, 0.29) is 0 Å². The molecule has 1 heterocycles. The second kappa shape index (κ2) is 6.71. The molecule has 0 amide bonds. The number of hydrogen-bond donors (Lipinski definition) is 0. The Morgan fingerprint density at radius 1 is 1.24 bits per heavy atom. The maximum atomic E-state index is 2.43. The summed E-state index contributed by atoms with van der Waals surface area (Å²) in [5.74, 6) is 4.89. The zero-order valence-corrected chi connectivity index (χ0v) is 15.2. The van der Waals surface area contributed by atoms with Crippen LogP contribution in [-0.4, -0.2) is 37.6 Å². The number of rotatable bonds is 7. The van der Waals surface area contributed by atoms with E-state index in [1.807, 2.05) is 11.8 Å². The Kier molecular flexibility index (Phi) is 6.50. The highest BCUT2D eigenvalue weighted by molar-refractivity contribution is 8.19. The van der Waals surface area contributed by atoms with Crippen molar-refractivity contribution in [1.29, 1.82) is 0 Å². The van der Waals surface area contributed by atoms with E-state index in [2.05, 4.69) is 76.2 Å². The molecule has 0 saturated carbocycles. The van der Waals surface area contributed by atoms with Gasteiger partial charge < -0.3 is 0 Å². The normalized spacial score (nSPS) is 20.1. The second-order valence-corrected chi connectivity index (χ2v) is 12.3. The quantitative estimate of drug-likeness (QED) is 0.601. The average molecular weight is 311 g/mol. The summed E-state index contributed by atoms with van der Waals surface area (Å²) in [4.78, 5) is 0. The molecule has 102 valence electrons. The van der Waals surface area contributed by atoms with E-state index in [4.69, 9.17) is 0 Å². The lowest BCUT2D eigenvalue weighted by Gasteiger charge is -2.44. The minimum atomic E-state index is 0.332. The summed E-state index contributed by atoms with van der Waals surface area (Å²) in [6.45, 7) is 12.0. The molecule has 4 heteroatoms. The van der Waals surface area contributed by atoms with Crippen LogP contribution in [0.15, 0.2) is 0 Å². The van der Waals surface area contributed by atoms with Crippen LogP contribution in [0.25, 0.3) is 0 Å². The van der Waals surface area contributed by atoms with Crippen molar-refractivity contribution in [2.75, 3.05) is 23.5 Å². The molecule has 0 aromatic rings. The summed E-state index contributed by atoms with van der Waals surface area (Å²) in [6, 6.07) is 0. The first-order valence-electron chi connectivity index (χ1n) is 6.21. The Labute approximate surface area is 125 Å². The molecule has 17 heavy (non-hydrogen) atoms. The van der Waals surface area contributed by atoms with Gasteiger partial charge in [-0.25, -0.2) is 0 Å². The highest BCUT2D eigenvalue weighted by Gasteiger charge is 2.39. The number of thioether (sulfide) groups is 4. The molecule has 1 aliphatic heterocycles. The van der Waals surface area contributed by atoms with Crippen molar-refractivity contribution in [3.63, 3.8) is 0 Å². The van der Waals surface area contributed by atoms with Gasteiger partial charge in [0.15, 0.2) is 0 Å². The third-order valence-electron chi connectivity index (χ3n) is 3.02. The van der Waals surface area contributed by atoms with Crippen molar-refractivity contribution in [1.82, 2.24) is 0 Å². The van der Waals surface area contributed by atoms with Gasteiger partial charge in [-0.1, -0.05) is 20.8 Å². The van der Waals surface area contributed by atoms with Crippen molar-refractivity contribution in [3.05, 3.63) is 0 Å². The van der Waals surface area contributed by atoms with Gasteiger partial charge >= 0.3 is 0 Å². The van der Waals surface area contributed by atoms with E-state index in [1.54, 1.807) is 0 Å². The zero-order valence-electron chi connectivity index (χ0n) is 11.9. The van der Waals surface area contributed by atoms with Crippen LogP contribution in [0.4, 0.5) is 0 Å². The lowest BCUT2D eigenvalue weighted by molar-refractivity contribution is 0.496. The monoisotopic (exact) mass is 310 g/mol. The predicted octanol–water partition coefficient (Wildman–Crippen LogP) is 5.08. The molecular formula is C13H26S4. The molecule has 1 saturated heterocycles. The maximum absolute atomic E-state index is 2.43. The summed E-state index contributed by atoms with van der Waals surface area (Å²) in [5, 5.41) is 0.749. The molecule has 0 N–H and O–H groups in total. The van der Waals surface area contributed by atoms with E-state index in [0.29, 0.717) is 8.83 Å². The Hall–Kier alpha value is 1.40. The molecule has 0 spiro atoms. The van der Waals surface area contributed by atoms with Gasteiger partial charge in [-0.05, 0) is 37.5 Å². The Balaban J connectivity index is 2.46. The molecule has 0 aromatic heterocycles. The lowest BCUT2D eigenvalue weighted by atomic mass is 9.98. The third-order valence-corrected chi connectivity index (χ3v) is 8.36. The highest BCUT2D eigenvalue weighted by Crippen LogP contribution is 2.51. The first kappa shape index (κ1) is 16.5. The van der Waals surface area contributed by atoms with Crippen molar-refractivity contribution in [2.24, 2.45) is 5.92 Å². The number of hydrogen-bond acceptors (Lipinski definition) is 4. The molecule has 0 bridgehead atoms. The fourth-order valence-electron chi connectivity index (χ4n) is 2.13. The molecule has 0 aliphatic carbocycles. The van der Waals surface area contributed by atoms with E-state index in [9.17, 15) is 0 Å². The van der Waals surface area contributed by atoms with Crippen LogP contribution in [0.5, 0.6) is 0 Å². The summed E-state index contributed by atoms with van der Waals surface area (Å²) >= 11 is 8.38. The van der Waals surface area contributed by atoms with Crippen LogP contribution >= 0.6 is 47.0 Å². The van der Waals surface area contributed by atoms with Gasteiger partial charge in [-0.15, -0.1) is 23.5 Å². The fraction of sp³-hybridized carbons (Fsp3) is 1.00. The Bertz CT molecular complexity index is 234. The van der Waals surface area contributed by atoms with Crippen molar-refractivity contribution < 1.29 is 0 Å². The zero-order chi connectivity index (χ0) is 13.1. The summed E-state index contributed by atoms with van der Waals surface area (Å²) in [5.41, 5.74) is 0. The van der Waals surface area contributed by atoms with Crippen molar-refractivity contribution >= 4 is 47.0 Å². The molecule has 1 unspecified atom stereocenters. The molecular weight excluding hydrogens is 284 g/mol. The van der Waals surface area contributed by atoms with Gasteiger partial charge in [0.1, 0.15) is 0 Å². The van der Waals surface area contributed by atoms with Gasteiger partial charge in [-0.2, -0.15) is 23.5 Å². The molecule has 1 atom stereocenters. The molecule has 0 aromatic carbocycles. The molecule has 1 rings (SSSR count). The van der Waals surface area contributed by atoms with Crippen LogP contribution in [0.3, 0.4) is 0 Å². The minimum Gasteiger partial charge on any atom is -0.164 e. The predicted molar refractivity (Wildman–Crippen MR) is 92.0 cm³/mol. The van der Waals surface area contributed by atoms with Crippen LogP contribution in [0.2, 0.25) is 0 Å².